The molecule has 4 rings (SSSR count). The number of rotatable bonds is 5. The molecular weight excluding hydrogens is 438 g/mol. The minimum atomic E-state index is -1.37. The van der Waals surface area contributed by atoms with Crippen LogP contribution in [0, 0.1) is 13.8 Å². The first kappa shape index (κ1) is 24.8. The number of fused-ring (bicyclic) bond motifs is 2. The molecule has 0 unspecified atom stereocenters. The molecule has 1 aliphatic heterocycles. The molecule has 3 aromatic rings. The van der Waals surface area contributed by atoms with E-state index in [0.29, 0.717) is 22.8 Å². The third kappa shape index (κ3) is 4.12. The van der Waals surface area contributed by atoms with Crippen LogP contribution in [0.4, 0.5) is 15.8 Å². The summed E-state index contributed by atoms with van der Waals surface area (Å²) in [7, 11) is 3.27. The molecule has 0 radical (unpaired) electrons. The van der Waals surface area contributed by atoms with Crippen molar-refractivity contribution in [2.75, 3.05) is 23.4 Å². The molecule has 33 heavy (non-hydrogen) atoms. The number of anilines is 2. The Morgan fingerprint density at radius 3 is 2.09 bits per heavy atom. The Morgan fingerprint density at radius 1 is 1.00 bits per heavy atom. The maximum Gasteiger partial charge on any atom is 1.00 e. The van der Waals surface area contributed by atoms with Gasteiger partial charge in [0.25, 0.3) is 5.83 Å². The molecule has 0 saturated carbocycles. The van der Waals surface area contributed by atoms with Gasteiger partial charge < -0.3 is 29.6 Å². The predicted octanol–water partition coefficient (Wildman–Crippen LogP) is -2.86. The summed E-state index contributed by atoms with van der Waals surface area (Å²) < 4.78 is 19.1. The van der Waals surface area contributed by atoms with Crippen molar-refractivity contribution in [1.82, 2.24) is 4.57 Å². The smallest absolute Gasteiger partial charge is 0.548 e. The van der Waals surface area contributed by atoms with Crippen molar-refractivity contribution in [2.45, 2.75) is 20.4 Å². The zero-order chi connectivity index (χ0) is 23.3. The number of imidazole rings is 1. The number of carboxylic acid groups (broad SMARTS) is 2. The SMILES string of the molecule is Cc1c(C)[n+](C)c(C(F)=C2N(C)c3cc4ccccc4cc3N2CC(=O)[O-])n1CC(=O)[O-].[Na+]. The van der Waals surface area contributed by atoms with Crippen molar-refractivity contribution in [3.05, 3.63) is 59.4 Å². The van der Waals surface area contributed by atoms with Gasteiger partial charge in [-0.25, -0.2) is 9.13 Å². The molecule has 8 nitrogen and oxygen atoms in total. The van der Waals surface area contributed by atoms with Crippen molar-refractivity contribution < 1.29 is 58.3 Å². The Bertz CT molecular complexity index is 1320. The van der Waals surface area contributed by atoms with Gasteiger partial charge in [0.15, 0.2) is 5.82 Å². The number of aromatic nitrogens is 2. The van der Waals surface area contributed by atoms with Gasteiger partial charge in [0, 0.05) is 20.9 Å². The van der Waals surface area contributed by atoms with E-state index in [0.717, 1.165) is 10.8 Å². The van der Waals surface area contributed by atoms with Crippen LogP contribution in [0.1, 0.15) is 17.2 Å². The van der Waals surface area contributed by atoms with Gasteiger partial charge >= 0.3 is 35.4 Å². The van der Waals surface area contributed by atoms with Crippen LogP contribution in [-0.2, 0) is 23.2 Å². The van der Waals surface area contributed by atoms with Crippen LogP contribution in [-0.4, -0.2) is 30.1 Å². The molecule has 166 valence electrons. The molecule has 2 aromatic carbocycles. The molecule has 0 N–H and O–H groups in total. The van der Waals surface area contributed by atoms with Crippen LogP contribution in [0.25, 0.3) is 16.6 Å². The monoisotopic (exact) mass is 460 g/mol. The molecule has 0 amide bonds. The molecule has 0 bridgehead atoms. The van der Waals surface area contributed by atoms with Crippen LogP contribution in [0.2, 0.25) is 0 Å². The Morgan fingerprint density at radius 2 is 1.55 bits per heavy atom. The van der Waals surface area contributed by atoms with E-state index < -0.39 is 30.9 Å². The third-order valence-corrected chi connectivity index (χ3v) is 6.04. The van der Waals surface area contributed by atoms with E-state index in [1.807, 2.05) is 30.3 Å². The molecule has 0 saturated heterocycles. The quantitative estimate of drug-likeness (QED) is 0.300. The minimum absolute atomic E-state index is 0. The molecule has 2 heterocycles. The second-order valence-electron chi connectivity index (χ2n) is 7.85. The average Bonchev–Trinajstić information content (AvgIpc) is 3.11. The van der Waals surface area contributed by atoms with Crippen molar-refractivity contribution in [3.63, 3.8) is 0 Å². The summed E-state index contributed by atoms with van der Waals surface area (Å²) >= 11 is 0. The molecule has 0 aliphatic carbocycles. The van der Waals surface area contributed by atoms with Crippen LogP contribution in [0.15, 0.2) is 42.2 Å². The van der Waals surface area contributed by atoms with E-state index in [-0.39, 0.29) is 41.2 Å². The summed E-state index contributed by atoms with van der Waals surface area (Å²) in [5.41, 5.74) is 2.39. The summed E-state index contributed by atoms with van der Waals surface area (Å²) in [6.45, 7) is 2.34. The molecule has 10 heteroatoms. The second kappa shape index (κ2) is 9.17. The normalized spacial score (nSPS) is 14.3. The van der Waals surface area contributed by atoms with E-state index in [1.54, 1.807) is 43.5 Å². The van der Waals surface area contributed by atoms with Gasteiger partial charge in [-0.15, -0.1) is 0 Å². The van der Waals surface area contributed by atoms with E-state index in [1.165, 1.54) is 9.47 Å². The zero-order valence-corrected chi connectivity index (χ0v) is 21.2. The third-order valence-electron chi connectivity index (χ3n) is 6.04. The molecule has 0 spiro atoms. The van der Waals surface area contributed by atoms with Crippen LogP contribution < -0.4 is 54.1 Å². The number of hydrogen-bond acceptors (Lipinski definition) is 6. The summed E-state index contributed by atoms with van der Waals surface area (Å²) in [6, 6.07) is 11.2. The van der Waals surface area contributed by atoms with Gasteiger partial charge in [-0.3, -0.25) is 0 Å². The van der Waals surface area contributed by atoms with Gasteiger partial charge in [-0.2, -0.15) is 4.39 Å². The molecule has 0 fully saturated rings. The summed E-state index contributed by atoms with van der Waals surface area (Å²) in [6.07, 6.45) is 0. The van der Waals surface area contributed by atoms with Gasteiger partial charge in [-0.1, -0.05) is 24.3 Å². The van der Waals surface area contributed by atoms with E-state index >= 15 is 4.39 Å². The summed E-state index contributed by atoms with van der Waals surface area (Å²) in [5.74, 6) is -3.48. The van der Waals surface area contributed by atoms with Gasteiger partial charge in [-0.05, 0) is 22.9 Å². The van der Waals surface area contributed by atoms with Gasteiger partial charge in [0.1, 0.15) is 17.9 Å². The fourth-order valence-corrected chi connectivity index (χ4v) is 4.29. The van der Waals surface area contributed by atoms with E-state index in [2.05, 4.69) is 0 Å². The maximum atomic E-state index is 16.2. The standard InChI is InChI=1S/C23H23FN4O4.Na/c1-13-14(2)27(11-19(29)30)22(25(13)3)21(24)23-26(4)17-9-15-7-5-6-8-16(15)10-18(17)28(23)12-20(31)32;/h5-10H,11-12H2,1-4H3,(H-,29,30,31,32);/q;+1/p-1. The van der Waals surface area contributed by atoms with Gasteiger partial charge in [0.2, 0.25) is 0 Å². The first-order valence-corrected chi connectivity index (χ1v) is 10.0. The molecule has 1 aromatic heterocycles. The number of halogens is 1. The second-order valence-corrected chi connectivity index (χ2v) is 7.85. The molecule has 0 atom stereocenters. The number of hydrogen-bond donors (Lipinski definition) is 0. The zero-order valence-electron chi connectivity index (χ0n) is 19.2. The Kier molecular flexibility index (Phi) is 6.88. The van der Waals surface area contributed by atoms with E-state index in [9.17, 15) is 19.8 Å². The summed E-state index contributed by atoms with van der Waals surface area (Å²) in [5, 5.41) is 24.7. The number of nitrogens with zero attached hydrogens (tertiary/aromatic N) is 4. The predicted molar refractivity (Wildman–Crippen MR) is 113 cm³/mol. The van der Waals surface area contributed by atoms with Crippen molar-refractivity contribution in [2.24, 2.45) is 7.05 Å². The number of aliphatic carboxylic acids is 2. The number of carbonyl (C=O) groups excluding carboxylic acids is 2. The first-order valence-electron chi connectivity index (χ1n) is 10.0. The number of benzene rings is 2. The maximum absolute atomic E-state index is 16.2. The number of carboxylic acids is 2. The van der Waals surface area contributed by atoms with E-state index in [4.69, 9.17) is 0 Å². The topological polar surface area (TPSA) is 95.5 Å². The number of carbonyl (C=O) groups is 2. The van der Waals surface area contributed by atoms with Crippen LogP contribution >= 0.6 is 0 Å². The van der Waals surface area contributed by atoms with Crippen LogP contribution in [0.5, 0.6) is 0 Å². The fraction of sp³-hybridized carbons (Fsp3) is 0.261. The van der Waals surface area contributed by atoms with Crippen LogP contribution in [0.3, 0.4) is 0 Å². The fourth-order valence-electron chi connectivity index (χ4n) is 4.29. The van der Waals surface area contributed by atoms with Crippen molar-refractivity contribution >= 4 is 39.9 Å². The molecular formula is C23H22FN4NaO4. The minimum Gasteiger partial charge on any atom is -0.548 e. The van der Waals surface area contributed by atoms with Crippen molar-refractivity contribution in [3.8, 4) is 0 Å². The summed E-state index contributed by atoms with van der Waals surface area (Å²) in [4.78, 5) is 25.8. The average molecular weight is 460 g/mol. The Hall–Kier alpha value is -2.88. The first-order chi connectivity index (χ1) is 15.1. The largest absolute Gasteiger partial charge is 1.00 e. The molecule has 1 aliphatic rings. The van der Waals surface area contributed by atoms with Crippen molar-refractivity contribution in [1.29, 1.82) is 0 Å². The van der Waals surface area contributed by atoms with Gasteiger partial charge in [0.05, 0.1) is 36.9 Å². The Balaban J connectivity index is 0.00000306. The Labute approximate surface area is 212 Å².